The predicted molar refractivity (Wildman–Crippen MR) is 112 cm³/mol. The predicted octanol–water partition coefficient (Wildman–Crippen LogP) is 3.09. The Morgan fingerprint density at radius 1 is 1.19 bits per heavy atom. The molecule has 1 fully saturated rings. The van der Waals surface area contributed by atoms with Crippen LogP contribution in [-0.2, 0) is 4.79 Å². The highest BCUT2D eigenvalue weighted by atomic mass is 35.5. The molecule has 0 radical (unpaired) electrons. The molecule has 2 amide bonds. The maximum Gasteiger partial charge on any atom is 0.255 e. The van der Waals surface area contributed by atoms with Crippen LogP contribution in [0.2, 0.25) is 5.02 Å². The normalized spacial score (nSPS) is 17.1. The molecule has 27 heavy (non-hydrogen) atoms. The molecule has 144 valence electrons. The van der Waals surface area contributed by atoms with Crippen molar-refractivity contribution in [1.82, 2.24) is 10.2 Å². The van der Waals surface area contributed by atoms with Crippen molar-refractivity contribution < 1.29 is 9.59 Å². The Bertz CT molecular complexity index is 774. The van der Waals surface area contributed by atoms with E-state index in [4.69, 9.17) is 17.3 Å². The highest BCUT2D eigenvalue weighted by molar-refractivity contribution is 7.99. The summed E-state index contributed by atoms with van der Waals surface area (Å²) in [6.45, 7) is 0.326. The molecule has 2 aromatic carbocycles. The number of carbonyl (C=O) groups is 2. The van der Waals surface area contributed by atoms with Crippen LogP contribution in [0.4, 0.5) is 0 Å². The average molecular weight is 426 g/mol. The van der Waals surface area contributed by atoms with Crippen molar-refractivity contribution in [2.45, 2.75) is 12.1 Å². The van der Waals surface area contributed by atoms with Gasteiger partial charge in [-0.1, -0.05) is 41.9 Å². The molecule has 3 N–H and O–H groups in total. The number of nitrogens with one attached hydrogen (secondary N) is 1. The van der Waals surface area contributed by atoms with Gasteiger partial charge in [-0.05, 0) is 29.8 Å². The zero-order chi connectivity index (χ0) is 18.5. The smallest absolute Gasteiger partial charge is 0.255 e. The van der Waals surface area contributed by atoms with Crippen LogP contribution in [-0.4, -0.2) is 40.9 Å². The molecule has 5 nitrogen and oxygen atoms in total. The van der Waals surface area contributed by atoms with Gasteiger partial charge in [-0.25, -0.2) is 0 Å². The van der Waals surface area contributed by atoms with Gasteiger partial charge in [0.2, 0.25) is 5.91 Å². The van der Waals surface area contributed by atoms with Crippen LogP contribution in [0, 0.1) is 0 Å². The number of rotatable bonds is 5. The number of hydrogen-bond acceptors (Lipinski definition) is 4. The minimum atomic E-state index is -0.494. The van der Waals surface area contributed by atoms with E-state index in [1.165, 1.54) is 0 Å². The summed E-state index contributed by atoms with van der Waals surface area (Å²) in [7, 11) is 0. The summed E-state index contributed by atoms with van der Waals surface area (Å²) in [5.41, 5.74) is 7.61. The summed E-state index contributed by atoms with van der Waals surface area (Å²) >= 11 is 7.43. The van der Waals surface area contributed by atoms with Crippen molar-refractivity contribution in [3.63, 3.8) is 0 Å². The van der Waals surface area contributed by atoms with E-state index in [0.29, 0.717) is 28.8 Å². The van der Waals surface area contributed by atoms with Crippen LogP contribution in [0.3, 0.4) is 0 Å². The van der Waals surface area contributed by atoms with Gasteiger partial charge in [0.15, 0.2) is 0 Å². The van der Waals surface area contributed by atoms with Crippen LogP contribution in [0.1, 0.15) is 22.0 Å². The standard InChI is InChI=1S/C19H20ClN3O2S.ClH/c20-15-8-6-14(7-9-15)19(25)23-12-26-11-17(23)18(24)22-10-16(21)13-4-2-1-3-5-13;/h1-9,16-17H,10-12,21H2,(H,22,24);1H. The third-order valence-corrected chi connectivity index (χ3v) is 5.53. The average Bonchev–Trinajstić information content (AvgIpc) is 3.16. The Morgan fingerprint density at radius 3 is 2.52 bits per heavy atom. The minimum Gasteiger partial charge on any atom is -0.352 e. The molecule has 2 atom stereocenters. The first-order chi connectivity index (χ1) is 12.6. The van der Waals surface area contributed by atoms with E-state index in [2.05, 4.69) is 5.32 Å². The second-order valence-electron chi connectivity index (χ2n) is 6.06. The van der Waals surface area contributed by atoms with E-state index in [0.717, 1.165) is 5.56 Å². The van der Waals surface area contributed by atoms with Gasteiger partial charge in [0.1, 0.15) is 6.04 Å². The molecule has 8 heteroatoms. The summed E-state index contributed by atoms with van der Waals surface area (Å²) in [4.78, 5) is 26.9. The fourth-order valence-corrected chi connectivity index (χ4v) is 4.04. The summed E-state index contributed by atoms with van der Waals surface area (Å²) < 4.78 is 0. The molecule has 0 aliphatic carbocycles. The first-order valence-electron chi connectivity index (χ1n) is 8.29. The highest BCUT2D eigenvalue weighted by Crippen LogP contribution is 2.24. The lowest BCUT2D eigenvalue weighted by atomic mass is 10.1. The van der Waals surface area contributed by atoms with Crippen molar-refractivity contribution in [2.24, 2.45) is 5.73 Å². The SMILES string of the molecule is Cl.NC(CNC(=O)C1CSCN1C(=O)c1ccc(Cl)cc1)c1ccccc1. The van der Waals surface area contributed by atoms with Crippen molar-refractivity contribution in [3.05, 3.63) is 70.7 Å². The lowest BCUT2D eigenvalue weighted by Gasteiger charge is -2.24. The van der Waals surface area contributed by atoms with E-state index in [9.17, 15) is 9.59 Å². The van der Waals surface area contributed by atoms with Gasteiger partial charge in [-0.15, -0.1) is 24.2 Å². The Morgan fingerprint density at radius 2 is 1.85 bits per heavy atom. The van der Waals surface area contributed by atoms with E-state index >= 15 is 0 Å². The van der Waals surface area contributed by atoms with Gasteiger partial charge in [-0.2, -0.15) is 0 Å². The molecule has 0 saturated carbocycles. The second kappa shape index (κ2) is 9.99. The number of hydrogen-bond donors (Lipinski definition) is 2. The fourth-order valence-electron chi connectivity index (χ4n) is 2.76. The molecule has 1 aliphatic heterocycles. The van der Waals surface area contributed by atoms with E-state index in [-0.39, 0.29) is 30.3 Å². The zero-order valence-corrected chi connectivity index (χ0v) is 16.9. The monoisotopic (exact) mass is 425 g/mol. The Hall–Kier alpha value is -1.73. The Kier molecular flexibility index (Phi) is 7.98. The number of nitrogens with zero attached hydrogens (tertiary/aromatic N) is 1. The van der Waals surface area contributed by atoms with Crippen molar-refractivity contribution in [1.29, 1.82) is 0 Å². The topological polar surface area (TPSA) is 75.4 Å². The van der Waals surface area contributed by atoms with E-state index < -0.39 is 6.04 Å². The zero-order valence-electron chi connectivity index (χ0n) is 14.5. The van der Waals surface area contributed by atoms with Crippen molar-refractivity contribution in [2.75, 3.05) is 18.2 Å². The minimum absolute atomic E-state index is 0. The molecule has 1 heterocycles. The van der Waals surface area contributed by atoms with Crippen LogP contribution < -0.4 is 11.1 Å². The molecular formula is C19H21Cl2N3O2S. The van der Waals surface area contributed by atoms with Gasteiger partial charge in [0.25, 0.3) is 5.91 Å². The van der Waals surface area contributed by atoms with Crippen LogP contribution in [0.15, 0.2) is 54.6 Å². The first kappa shape index (κ1) is 21.6. The number of amides is 2. The number of thioether (sulfide) groups is 1. The largest absolute Gasteiger partial charge is 0.352 e. The van der Waals surface area contributed by atoms with Crippen LogP contribution in [0.5, 0.6) is 0 Å². The quantitative estimate of drug-likeness (QED) is 0.771. The Balaban J connectivity index is 0.00000261. The maximum absolute atomic E-state index is 12.7. The lowest BCUT2D eigenvalue weighted by molar-refractivity contribution is -0.124. The summed E-state index contributed by atoms with van der Waals surface area (Å²) in [6.07, 6.45) is 0. The van der Waals surface area contributed by atoms with Gasteiger partial charge in [0, 0.05) is 28.9 Å². The molecular weight excluding hydrogens is 405 g/mol. The van der Waals surface area contributed by atoms with E-state index in [1.54, 1.807) is 40.9 Å². The van der Waals surface area contributed by atoms with Gasteiger partial charge in [-0.3, -0.25) is 9.59 Å². The third-order valence-electron chi connectivity index (χ3n) is 4.26. The van der Waals surface area contributed by atoms with Gasteiger partial charge < -0.3 is 16.0 Å². The second-order valence-corrected chi connectivity index (χ2v) is 7.50. The molecule has 2 unspecified atom stereocenters. The summed E-state index contributed by atoms with van der Waals surface area (Å²) in [6, 6.07) is 15.5. The fraction of sp³-hybridized carbons (Fsp3) is 0.263. The van der Waals surface area contributed by atoms with Crippen molar-refractivity contribution in [3.8, 4) is 0 Å². The molecule has 0 aromatic heterocycles. The van der Waals surface area contributed by atoms with Gasteiger partial charge >= 0.3 is 0 Å². The summed E-state index contributed by atoms with van der Waals surface area (Å²) in [5, 5.41) is 3.45. The Labute approximate surface area is 174 Å². The first-order valence-corrected chi connectivity index (χ1v) is 9.82. The third kappa shape index (κ3) is 5.39. The number of benzene rings is 2. The lowest BCUT2D eigenvalue weighted by Crippen LogP contribution is -2.48. The molecule has 0 spiro atoms. The van der Waals surface area contributed by atoms with Crippen LogP contribution in [0.25, 0.3) is 0 Å². The molecule has 3 rings (SSSR count). The maximum atomic E-state index is 12.7. The molecule has 1 aliphatic rings. The number of carbonyl (C=O) groups excluding carboxylic acids is 2. The number of nitrogens with two attached hydrogens (primary N) is 1. The highest BCUT2D eigenvalue weighted by Gasteiger charge is 2.35. The van der Waals surface area contributed by atoms with E-state index in [1.807, 2.05) is 30.3 Å². The molecule has 0 bridgehead atoms. The van der Waals surface area contributed by atoms with Crippen molar-refractivity contribution >= 4 is 47.6 Å². The number of halogens is 2. The summed E-state index contributed by atoms with van der Waals surface area (Å²) in [5.74, 6) is 0.721. The molecule has 1 saturated heterocycles. The molecule has 2 aromatic rings. The van der Waals surface area contributed by atoms with Crippen LogP contribution >= 0.6 is 35.8 Å². The van der Waals surface area contributed by atoms with Gasteiger partial charge in [0.05, 0.1) is 5.88 Å².